The molecular formula is C5H10NbO3Ti. The Labute approximate surface area is 85.0 Å². The van der Waals surface area contributed by atoms with Gasteiger partial charge in [-0.25, -0.2) is 0 Å². The maximum absolute atomic E-state index is 9.56. The van der Waals surface area contributed by atoms with Crippen molar-refractivity contribution in [2.24, 2.45) is 0 Å². The van der Waals surface area contributed by atoms with Crippen LogP contribution in [-0.4, -0.2) is 6.29 Å². The van der Waals surface area contributed by atoms with E-state index >= 15 is 0 Å². The maximum atomic E-state index is 9.56. The number of aldehydes is 1. The summed E-state index contributed by atoms with van der Waals surface area (Å²) in [7, 11) is 0. The first-order valence-corrected chi connectivity index (χ1v) is 4.03. The van der Waals surface area contributed by atoms with Gasteiger partial charge in [0.05, 0.1) is 0 Å². The first kappa shape index (κ1) is 17.0. The first-order chi connectivity index (χ1) is 4.33. The van der Waals surface area contributed by atoms with Crippen LogP contribution >= 0.6 is 0 Å². The van der Waals surface area contributed by atoms with E-state index in [-0.39, 0.29) is 22.4 Å². The predicted octanol–water partition coefficient (Wildman–Crippen LogP) is 1.13. The van der Waals surface area contributed by atoms with Crippen molar-refractivity contribution in [1.82, 2.24) is 0 Å². The summed E-state index contributed by atoms with van der Waals surface area (Å²) in [6.07, 6.45) is 3.86. The van der Waals surface area contributed by atoms with Crippen LogP contribution < -0.4 is 0 Å². The van der Waals surface area contributed by atoms with Crippen molar-refractivity contribution in [3.63, 3.8) is 0 Å². The van der Waals surface area contributed by atoms with Crippen molar-refractivity contribution >= 4 is 6.29 Å². The fourth-order valence-corrected chi connectivity index (χ4v) is 0.287. The molecule has 0 aliphatic carbocycles. The normalized spacial score (nSPS) is 5.70. The molecule has 0 spiro atoms. The molecule has 0 saturated carbocycles. The zero-order valence-electron chi connectivity index (χ0n) is 5.87. The first-order valence-electron chi connectivity index (χ1n) is 2.76. The van der Waals surface area contributed by atoms with Gasteiger partial charge in [-0.15, -0.1) is 0 Å². The van der Waals surface area contributed by atoms with E-state index < -0.39 is 19.1 Å². The number of rotatable bonds is 3. The molecule has 0 fully saturated rings. The Balaban J connectivity index is -0.000000107. The minimum atomic E-state index is -2.00. The van der Waals surface area contributed by atoms with Gasteiger partial charge in [0, 0.05) is 28.8 Å². The van der Waals surface area contributed by atoms with Crippen molar-refractivity contribution in [3.8, 4) is 0 Å². The second kappa shape index (κ2) is 22.6. The third kappa shape index (κ3) is 37.5. The van der Waals surface area contributed by atoms with Crippen LogP contribution in [0.25, 0.3) is 0 Å². The van der Waals surface area contributed by atoms with Crippen LogP contribution in [0.15, 0.2) is 0 Å². The molecule has 0 rings (SSSR count). The van der Waals surface area contributed by atoms with Gasteiger partial charge in [0.2, 0.25) is 0 Å². The van der Waals surface area contributed by atoms with Gasteiger partial charge < -0.3 is 4.79 Å². The van der Waals surface area contributed by atoms with Gasteiger partial charge in [-0.1, -0.05) is 13.3 Å². The number of unbranched alkanes of at least 4 members (excludes halogenated alkanes) is 2. The monoisotopic (exact) mass is 259 g/mol. The molecule has 0 heterocycles. The molecule has 0 amide bonds. The second-order valence-electron chi connectivity index (χ2n) is 1.39. The van der Waals surface area contributed by atoms with Crippen LogP contribution in [0, 0.1) is 0 Å². The summed E-state index contributed by atoms with van der Waals surface area (Å²) in [5.41, 5.74) is 0. The average Bonchev–Trinajstić information content (AvgIpc) is 1.86. The predicted molar refractivity (Wildman–Crippen MR) is 27.0 cm³/mol. The molecule has 0 aromatic heterocycles. The molecule has 0 saturated heterocycles. The van der Waals surface area contributed by atoms with Gasteiger partial charge in [-0.2, -0.15) is 0 Å². The van der Waals surface area contributed by atoms with E-state index in [1.54, 1.807) is 0 Å². The van der Waals surface area contributed by atoms with E-state index in [2.05, 4.69) is 6.92 Å². The van der Waals surface area contributed by atoms with E-state index in [9.17, 15) is 4.79 Å². The molecule has 5 heteroatoms. The zero-order chi connectivity index (χ0) is 7.54. The van der Waals surface area contributed by atoms with Crippen LogP contribution in [0.4, 0.5) is 0 Å². The van der Waals surface area contributed by atoms with E-state index in [1.807, 2.05) is 0 Å². The van der Waals surface area contributed by atoms with Crippen molar-refractivity contribution in [2.75, 3.05) is 0 Å². The van der Waals surface area contributed by atoms with E-state index in [0.717, 1.165) is 25.5 Å². The molecule has 10 heavy (non-hydrogen) atoms. The molecule has 57 valence electrons. The van der Waals surface area contributed by atoms with E-state index in [4.69, 9.17) is 6.65 Å². The summed E-state index contributed by atoms with van der Waals surface area (Å²) in [5, 5.41) is 0. The van der Waals surface area contributed by atoms with Crippen LogP contribution in [0.5, 0.6) is 0 Å². The van der Waals surface area contributed by atoms with Crippen LogP contribution in [0.1, 0.15) is 26.2 Å². The Hall–Kier alpha value is 0.725. The minimum absolute atomic E-state index is 0. The molecule has 0 aliphatic rings. The Morgan fingerprint density at radius 3 is 1.90 bits per heavy atom. The molecule has 0 aliphatic heterocycles. The fourth-order valence-electron chi connectivity index (χ4n) is 0.287. The second-order valence-corrected chi connectivity index (χ2v) is 1.65. The topological polar surface area (TPSA) is 51.2 Å². The number of hydrogen-bond acceptors (Lipinski definition) is 3. The van der Waals surface area contributed by atoms with Gasteiger partial charge in [0.25, 0.3) is 0 Å². The third-order valence-electron chi connectivity index (χ3n) is 0.676. The molecular weight excluding hydrogens is 249 g/mol. The molecule has 0 atom stereocenters. The zero-order valence-corrected chi connectivity index (χ0v) is 9.63. The van der Waals surface area contributed by atoms with Gasteiger partial charge in [-0.3, -0.25) is 0 Å². The average molecular weight is 259 g/mol. The van der Waals surface area contributed by atoms with E-state index in [0.29, 0.717) is 0 Å². The van der Waals surface area contributed by atoms with Crippen molar-refractivity contribution in [1.29, 1.82) is 0 Å². The Bertz CT molecular complexity index is 90.9. The molecule has 0 aromatic rings. The summed E-state index contributed by atoms with van der Waals surface area (Å²) in [4.78, 5) is 9.56. The molecule has 0 unspecified atom stereocenters. The van der Waals surface area contributed by atoms with Crippen molar-refractivity contribution < 1.29 is 52.9 Å². The summed E-state index contributed by atoms with van der Waals surface area (Å²) < 4.78 is 17.0. The SMILES string of the molecule is CCCCC=O.[Nb].[O]=[Ti]=[O]. The van der Waals surface area contributed by atoms with Gasteiger partial charge in [0.15, 0.2) is 0 Å². The third-order valence-corrected chi connectivity index (χ3v) is 0.676. The van der Waals surface area contributed by atoms with Crippen LogP contribution in [-0.2, 0) is 52.9 Å². The number of carbonyl (C=O) groups is 1. The Kier molecular flexibility index (Phi) is 38.4. The quantitative estimate of drug-likeness (QED) is 0.433. The van der Waals surface area contributed by atoms with Crippen LogP contribution in [0.3, 0.4) is 0 Å². The molecule has 0 bridgehead atoms. The standard InChI is InChI=1S/C5H10O.Nb.2O.Ti/c1-2-3-4-5-6;;;;/h5H,2-4H2,1H3;;;;. The van der Waals surface area contributed by atoms with Gasteiger partial charge in [-0.05, 0) is 6.42 Å². The van der Waals surface area contributed by atoms with Crippen molar-refractivity contribution in [2.45, 2.75) is 26.2 Å². The molecule has 0 N–H and O–H groups in total. The fraction of sp³-hybridized carbons (Fsp3) is 0.800. The van der Waals surface area contributed by atoms with Crippen LogP contribution in [0.2, 0.25) is 0 Å². The van der Waals surface area contributed by atoms with Crippen molar-refractivity contribution in [3.05, 3.63) is 0 Å². The summed E-state index contributed by atoms with van der Waals surface area (Å²) in [5.74, 6) is 0. The van der Waals surface area contributed by atoms with E-state index in [1.165, 1.54) is 0 Å². The summed E-state index contributed by atoms with van der Waals surface area (Å²) in [6.45, 7) is 2.07. The number of hydrogen-bond donors (Lipinski definition) is 0. The Morgan fingerprint density at radius 2 is 1.80 bits per heavy atom. The summed E-state index contributed by atoms with van der Waals surface area (Å²) >= 11 is -2.00. The Morgan fingerprint density at radius 1 is 1.40 bits per heavy atom. The molecule has 3 nitrogen and oxygen atoms in total. The number of carbonyl (C=O) groups excluding carboxylic acids is 1. The van der Waals surface area contributed by atoms with Gasteiger partial charge >= 0.3 is 25.7 Å². The molecule has 0 aromatic carbocycles. The molecule has 1 radical (unpaired) electrons. The summed E-state index contributed by atoms with van der Waals surface area (Å²) in [6, 6.07) is 0. The van der Waals surface area contributed by atoms with Gasteiger partial charge in [0.1, 0.15) is 6.29 Å².